The molecule has 0 aliphatic rings. The Bertz CT molecular complexity index is 1260. The van der Waals surface area contributed by atoms with E-state index in [2.05, 4.69) is 131 Å². The summed E-state index contributed by atoms with van der Waals surface area (Å²) < 4.78 is 0. The van der Waals surface area contributed by atoms with Gasteiger partial charge >= 0.3 is 0 Å². The van der Waals surface area contributed by atoms with Crippen LogP contribution in [0.15, 0.2) is 116 Å². The zero-order valence-corrected chi connectivity index (χ0v) is 35.7. The quantitative estimate of drug-likeness (QED) is 0.0807. The van der Waals surface area contributed by atoms with Crippen molar-refractivity contribution >= 4 is 0 Å². The highest BCUT2D eigenvalue weighted by molar-refractivity contribution is 5.11. The Labute approximate surface area is 319 Å². The maximum atomic E-state index is 8.98. The SMILES string of the molecule is CC(C)=CCC/C(C)=C/CC/C(C)=C/CC/C(C)=C/CC/C(C)=C/CC/C(C)=C/CC/C(C)=C/CC/C(C)=C/CC/C(C)=C\CC/C(C)=C\CO. The van der Waals surface area contributed by atoms with Gasteiger partial charge in [0, 0.05) is 0 Å². The average Bonchev–Trinajstić information content (AvgIpc) is 3.04. The molecule has 0 aliphatic heterocycles. The van der Waals surface area contributed by atoms with Gasteiger partial charge in [-0.2, -0.15) is 0 Å². The molecule has 0 aromatic rings. The van der Waals surface area contributed by atoms with Crippen LogP contribution in [0.5, 0.6) is 0 Å². The van der Waals surface area contributed by atoms with Gasteiger partial charge in [0.1, 0.15) is 0 Å². The lowest BCUT2D eigenvalue weighted by Crippen LogP contribution is -1.84. The molecule has 0 aromatic carbocycles. The van der Waals surface area contributed by atoms with E-state index in [9.17, 15) is 0 Å². The summed E-state index contributed by atoms with van der Waals surface area (Å²) in [5.74, 6) is 0. The van der Waals surface area contributed by atoms with Crippen molar-refractivity contribution in [3.8, 4) is 0 Å². The molecule has 0 saturated carbocycles. The second-order valence-corrected chi connectivity index (χ2v) is 15.8. The van der Waals surface area contributed by atoms with E-state index in [1.807, 2.05) is 6.08 Å². The molecule has 0 rings (SSSR count). The lowest BCUT2D eigenvalue weighted by Gasteiger charge is -2.04. The lowest BCUT2D eigenvalue weighted by molar-refractivity contribution is 0.341. The van der Waals surface area contributed by atoms with E-state index < -0.39 is 0 Å². The maximum Gasteiger partial charge on any atom is 0.0614 e. The van der Waals surface area contributed by atoms with Crippen molar-refractivity contribution in [3.05, 3.63) is 116 Å². The van der Waals surface area contributed by atoms with Gasteiger partial charge in [0.2, 0.25) is 0 Å². The molecule has 288 valence electrons. The van der Waals surface area contributed by atoms with Gasteiger partial charge in [-0.1, -0.05) is 116 Å². The van der Waals surface area contributed by atoms with Crippen LogP contribution in [0.2, 0.25) is 0 Å². The molecule has 0 unspecified atom stereocenters. The van der Waals surface area contributed by atoms with Gasteiger partial charge in [0.15, 0.2) is 0 Å². The first-order valence-electron chi connectivity index (χ1n) is 20.5. The Morgan fingerprint density at radius 2 is 0.412 bits per heavy atom. The van der Waals surface area contributed by atoms with Crippen LogP contribution in [0.3, 0.4) is 0 Å². The van der Waals surface area contributed by atoms with Gasteiger partial charge in [-0.05, 0) is 192 Å². The minimum atomic E-state index is 0.150. The molecular weight excluding hydrogens is 617 g/mol. The van der Waals surface area contributed by atoms with Crippen LogP contribution in [0.4, 0.5) is 0 Å². The third-order valence-electron chi connectivity index (χ3n) is 9.78. The van der Waals surface area contributed by atoms with Crippen molar-refractivity contribution in [1.29, 1.82) is 0 Å². The van der Waals surface area contributed by atoms with E-state index in [4.69, 9.17) is 5.11 Å². The summed E-state index contributed by atoms with van der Waals surface area (Å²) in [5.41, 5.74) is 14.8. The van der Waals surface area contributed by atoms with Gasteiger partial charge < -0.3 is 5.11 Å². The third-order valence-corrected chi connectivity index (χ3v) is 9.78. The summed E-state index contributed by atoms with van der Waals surface area (Å²) >= 11 is 0. The Hall–Kier alpha value is -2.64. The lowest BCUT2D eigenvalue weighted by atomic mass is 10.0. The molecule has 1 heteroatoms. The molecule has 51 heavy (non-hydrogen) atoms. The molecule has 0 radical (unpaired) electrons. The molecule has 0 fully saturated rings. The largest absolute Gasteiger partial charge is 0.392 e. The summed E-state index contributed by atoms with van der Waals surface area (Å²) in [6.45, 7) is 24.9. The summed E-state index contributed by atoms with van der Waals surface area (Å²) in [6.07, 6.45) is 44.5. The van der Waals surface area contributed by atoms with Gasteiger partial charge in [-0.3, -0.25) is 0 Å². The van der Waals surface area contributed by atoms with Gasteiger partial charge in [-0.15, -0.1) is 0 Å². The Kier molecular flexibility index (Phi) is 30.4. The first kappa shape index (κ1) is 48.4. The van der Waals surface area contributed by atoms with Crippen LogP contribution in [0.25, 0.3) is 0 Å². The molecule has 0 amide bonds. The second-order valence-electron chi connectivity index (χ2n) is 15.8. The van der Waals surface area contributed by atoms with Gasteiger partial charge in [0.25, 0.3) is 0 Å². The zero-order valence-electron chi connectivity index (χ0n) is 35.7. The highest BCUT2D eigenvalue weighted by atomic mass is 16.2. The highest BCUT2D eigenvalue weighted by Crippen LogP contribution is 2.18. The monoisotopic (exact) mass is 699 g/mol. The van der Waals surface area contributed by atoms with Crippen molar-refractivity contribution in [1.82, 2.24) is 0 Å². The van der Waals surface area contributed by atoms with Crippen LogP contribution < -0.4 is 0 Å². The van der Waals surface area contributed by atoms with E-state index in [0.717, 1.165) is 64.2 Å². The Balaban J connectivity index is 4.24. The van der Waals surface area contributed by atoms with Crippen LogP contribution in [-0.4, -0.2) is 11.7 Å². The van der Waals surface area contributed by atoms with Gasteiger partial charge in [0.05, 0.1) is 6.61 Å². The third kappa shape index (κ3) is 33.0. The van der Waals surface area contributed by atoms with Crippen molar-refractivity contribution in [2.75, 3.05) is 6.61 Å². The maximum absolute atomic E-state index is 8.98. The van der Waals surface area contributed by atoms with Crippen LogP contribution in [0, 0.1) is 0 Å². The number of rotatable bonds is 28. The normalized spacial score (nSPS) is 14.9. The molecule has 0 heterocycles. The fraction of sp³-hybridized carbons (Fsp3) is 0.600. The van der Waals surface area contributed by atoms with E-state index in [1.54, 1.807) is 0 Å². The van der Waals surface area contributed by atoms with Crippen LogP contribution in [0.1, 0.15) is 192 Å². The van der Waals surface area contributed by atoms with E-state index in [-0.39, 0.29) is 6.61 Å². The summed E-state index contributed by atoms with van der Waals surface area (Å²) in [6, 6.07) is 0. The first-order valence-corrected chi connectivity index (χ1v) is 20.5. The highest BCUT2D eigenvalue weighted by Gasteiger charge is 1.98. The summed E-state index contributed by atoms with van der Waals surface area (Å²) in [5, 5.41) is 8.98. The second kappa shape index (κ2) is 32.0. The molecule has 0 aliphatic carbocycles. The predicted octanol–water partition coefficient (Wildman–Crippen LogP) is 16.5. The van der Waals surface area contributed by atoms with Crippen LogP contribution in [-0.2, 0) is 0 Å². The summed E-state index contributed by atoms with van der Waals surface area (Å²) in [7, 11) is 0. The zero-order chi connectivity index (χ0) is 38.3. The Morgan fingerprint density at radius 3 is 0.569 bits per heavy atom. The fourth-order valence-electron chi connectivity index (χ4n) is 6.03. The topological polar surface area (TPSA) is 20.2 Å². The number of aliphatic hydroxyl groups is 1. The van der Waals surface area contributed by atoms with Gasteiger partial charge in [-0.25, -0.2) is 0 Å². The van der Waals surface area contributed by atoms with E-state index >= 15 is 0 Å². The molecule has 0 atom stereocenters. The van der Waals surface area contributed by atoms with Crippen molar-refractivity contribution in [2.24, 2.45) is 0 Å². The summed E-state index contributed by atoms with van der Waals surface area (Å²) in [4.78, 5) is 0. The standard InChI is InChI=1S/C50H82O/c1-41(2)21-12-22-42(3)23-13-24-43(4)25-14-26-44(5)27-15-28-45(6)29-16-30-46(7)31-17-32-47(8)33-18-34-48(9)35-19-36-49(10)37-20-38-50(11)39-40-51/h21,23,25,27,29,31,33,35,37,39,51H,12-20,22,24,26,28,30,32,34,36,38,40H2,1-11H3/b42-23+,43-25+,44-27+,45-29+,46-31+,47-33+,48-35+,49-37-,50-39-. The Morgan fingerprint density at radius 1 is 0.255 bits per heavy atom. The fourth-order valence-corrected chi connectivity index (χ4v) is 6.03. The molecule has 0 aromatic heterocycles. The van der Waals surface area contributed by atoms with Crippen LogP contribution >= 0.6 is 0 Å². The first-order chi connectivity index (χ1) is 24.3. The van der Waals surface area contributed by atoms with Crippen molar-refractivity contribution in [3.63, 3.8) is 0 Å². The molecule has 0 bridgehead atoms. The molecule has 0 saturated heterocycles. The minimum absolute atomic E-state index is 0.150. The van der Waals surface area contributed by atoms with E-state index in [0.29, 0.717) is 0 Å². The molecular formula is C50H82O. The smallest absolute Gasteiger partial charge is 0.0614 e. The predicted molar refractivity (Wildman–Crippen MR) is 233 cm³/mol. The average molecular weight is 699 g/mol. The van der Waals surface area contributed by atoms with Crippen molar-refractivity contribution in [2.45, 2.75) is 192 Å². The molecule has 1 nitrogen and oxygen atoms in total. The number of aliphatic hydroxyl groups excluding tert-OH is 1. The minimum Gasteiger partial charge on any atom is -0.392 e. The van der Waals surface area contributed by atoms with E-state index in [1.165, 1.54) is 107 Å². The molecule has 1 N–H and O–H groups in total. The number of hydrogen-bond donors (Lipinski definition) is 1. The number of allylic oxidation sites excluding steroid dienone is 19. The molecule has 0 spiro atoms. The van der Waals surface area contributed by atoms with Crippen molar-refractivity contribution < 1.29 is 5.11 Å². The number of hydrogen-bond acceptors (Lipinski definition) is 1.